The third-order valence-corrected chi connectivity index (χ3v) is 8.63. The first-order valence-electron chi connectivity index (χ1n) is 14.0. The zero-order valence-electron chi connectivity index (χ0n) is 21.8. The van der Waals surface area contributed by atoms with Crippen LogP contribution in [0.5, 0.6) is 5.75 Å². The predicted octanol–water partition coefficient (Wildman–Crippen LogP) is 6.31. The number of para-hydroxylation sites is 1. The second-order valence-electron chi connectivity index (χ2n) is 10.8. The molecule has 6 heteroatoms. The number of H-pyrrole nitrogens is 2. The number of nitrogens with zero attached hydrogens (tertiary/aromatic N) is 2. The van der Waals surface area contributed by atoms with Gasteiger partial charge in [0, 0.05) is 53.2 Å². The first-order chi connectivity index (χ1) is 18.2. The van der Waals surface area contributed by atoms with E-state index in [-0.39, 0.29) is 5.91 Å². The highest BCUT2D eigenvalue weighted by Gasteiger charge is 2.29. The number of carbonyl (C=O) groups is 1. The van der Waals surface area contributed by atoms with Gasteiger partial charge in [0.1, 0.15) is 11.4 Å². The van der Waals surface area contributed by atoms with Crippen molar-refractivity contribution in [3.05, 3.63) is 66.0 Å². The number of likely N-dealkylation sites (tertiary alicyclic amines) is 2. The number of nitrogens with one attached hydrogen (secondary N) is 2. The fraction of sp³-hybridized carbons (Fsp3) is 0.452. The van der Waals surface area contributed by atoms with Crippen LogP contribution in [0.15, 0.2) is 54.7 Å². The van der Waals surface area contributed by atoms with Crippen LogP contribution in [0.2, 0.25) is 0 Å². The van der Waals surface area contributed by atoms with Crippen molar-refractivity contribution in [2.24, 2.45) is 0 Å². The number of carbonyl (C=O) groups excluding carboxylic acids is 1. The molecule has 1 unspecified atom stereocenters. The fourth-order valence-electron chi connectivity index (χ4n) is 6.48. The number of fused-ring (bicyclic) bond motifs is 2. The second kappa shape index (κ2) is 10.6. The van der Waals surface area contributed by atoms with E-state index in [1.165, 1.54) is 42.1 Å². The number of hydrogen-bond donors (Lipinski definition) is 2. The lowest BCUT2D eigenvalue weighted by Crippen LogP contribution is -2.43. The summed E-state index contributed by atoms with van der Waals surface area (Å²) in [7, 11) is 1.67. The molecule has 2 saturated heterocycles. The molecule has 2 aliphatic heterocycles. The van der Waals surface area contributed by atoms with E-state index in [1.54, 1.807) is 7.11 Å². The molecule has 0 radical (unpaired) electrons. The van der Waals surface area contributed by atoms with Crippen LogP contribution in [0.25, 0.3) is 21.8 Å². The molecule has 0 aliphatic carbocycles. The average molecular weight is 499 g/mol. The summed E-state index contributed by atoms with van der Waals surface area (Å²) in [6.07, 6.45) is 10.3. The molecule has 2 aromatic carbocycles. The summed E-state index contributed by atoms with van der Waals surface area (Å²) in [4.78, 5) is 25.3. The minimum atomic E-state index is 0.139. The number of aromatic amines is 2. The molecular weight excluding hydrogens is 460 g/mol. The lowest BCUT2D eigenvalue weighted by atomic mass is 9.89. The van der Waals surface area contributed by atoms with Gasteiger partial charge in [-0.1, -0.05) is 31.0 Å². The molecule has 37 heavy (non-hydrogen) atoms. The maximum Gasteiger partial charge on any atom is 0.270 e. The van der Waals surface area contributed by atoms with Crippen molar-refractivity contribution in [2.75, 3.05) is 33.3 Å². The number of benzene rings is 2. The van der Waals surface area contributed by atoms with Gasteiger partial charge < -0.3 is 24.5 Å². The normalized spacial score (nSPS) is 19.9. The fourth-order valence-corrected chi connectivity index (χ4v) is 6.48. The minimum Gasteiger partial charge on any atom is -0.497 e. The molecular formula is C31H38N4O2. The van der Waals surface area contributed by atoms with Gasteiger partial charge >= 0.3 is 0 Å². The summed E-state index contributed by atoms with van der Waals surface area (Å²) in [6, 6.07) is 16.9. The number of amides is 1. The minimum absolute atomic E-state index is 0.139. The number of rotatable bonds is 6. The summed E-state index contributed by atoms with van der Waals surface area (Å²) in [5, 5.41) is 2.43. The van der Waals surface area contributed by atoms with E-state index in [0.29, 0.717) is 17.7 Å². The molecule has 2 N–H and O–H groups in total. The Labute approximate surface area is 219 Å². The van der Waals surface area contributed by atoms with Gasteiger partial charge in [-0.15, -0.1) is 0 Å². The van der Waals surface area contributed by atoms with Crippen LogP contribution in [0.4, 0.5) is 0 Å². The molecule has 1 atom stereocenters. The average Bonchev–Trinajstić information content (AvgIpc) is 3.49. The molecule has 4 heterocycles. The molecule has 6 nitrogen and oxygen atoms in total. The SMILES string of the molecule is COc1ccc2cc(C(=O)N3CCCCCC3CCN3CCC(c4c[nH]c5ccccc45)CC3)[nH]c2c1. The monoisotopic (exact) mass is 498 g/mol. The summed E-state index contributed by atoms with van der Waals surface area (Å²) in [5.74, 6) is 1.57. The van der Waals surface area contributed by atoms with Crippen molar-refractivity contribution in [2.45, 2.75) is 56.9 Å². The van der Waals surface area contributed by atoms with Gasteiger partial charge in [0.2, 0.25) is 0 Å². The molecule has 194 valence electrons. The Balaban J connectivity index is 1.09. The Morgan fingerprint density at radius 2 is 1.84 bits per heavy atom. The van der Waals surface area contributed by atoms with Crippen LogP contribution in [-0.2, 0) is 0 Å². The highest BCUT2D eigenvalue weighted by atomic mass is 16.5. The van der Waals surface area contributed by atoms with Gasteiger partial charge in [-0.3, -0.25) is 4.79 Å². The van der Waals surface area contributed by atoms with Crippen molar-refractivity contribution in [1.82, 2.24) is 19.8 Å². The zero-order valence-corrected chi connectivity index (χ0v) is 21.8. The maximum atomic E-state index is 13.7. The Bertz CT molecular complexity index is 1360. The summed E-state index contributed by atoms with van der Waals surface area (Å²) >= 11 is 0. The zero-order chi connectivity index (χ0) is 25.2. The van der Waals surface area contributed by atoms with E-state index in [0.717, 1.165) is 62.1 Å². The first-order valence-corrected chi connectivity index (χ1v) is 14.0. The quantitative estimate of drug-likeness (QED) is 0.327. The topological polar surface area (TPSA) is 64.4 Å². The molecule has 2 fully saturated rings. The summed E-state index contributed by atoms with van der Waals surface area (Å²) in [6.45, 7) is 4.19. The molecule has 2 aromatic heterocycles. The summed E-state index contributed by atoms with van der Waals surface area (Å²) < 4.78 is 5.36. The van der Waals surface area contributed by atoms with E-state index in [4.69, 9.17) is 4.74 Å². The van der Waals surface area contributed by atoms with Gasteiger partial charge in [-0.2, -0.15) is 0 Å². The molecule has 0 saturated carbocycles. The van der Waals surface area contributed by atoms with E-state index in [2.05, 4.69) is 50.2 Å². The van der Waals surface area contributed by atoms with E-state index < -0.39 is 0 Å². The molecule has 0 spiro atoms. The molecule has 0 bridgehead atoms. The summed E-state index contributed by atoms with van der Waals surface area (Å²) in [5.41, 5.74) is 4.36. The highest BCUT2D eigenvalue weighted by Crippen LogP contribution is 2.33. The van der Waals surface area contributed by atoms with Crippen molar-refractivity contribution in [3.8, 4) is 5.75 Å². The number of ether oxygens (including phenoxy) is 1. The molecule has 2 aliphatic rings. The molecule has 1 amide bonds. The third kappa shape index (κ3) is 4.99. The Hall–Kier alpha value is -3.25. The lowest BCUT2D eigenvalue weighted by Gasteiger charge is -2.35. The van der Waals surface area contributed by atoms with Crippen LogP contribution in [0, 0.1) is 0 Å². The van der Waals surface area contributed by atoms with Crippen molar-refractivity contribution in [1.29, 1.82) is 0 Å². The number of piperidine rings is 1. The van der Waals surface area contributed by atoms with Gasteiger partial charge in [0.15, 0.2) is 0 Å². The second-order valence-corrected chi connectivity index (χ2v) is 10.8. The Morgan fingerprint density at radius 1 is 0.973 bits per heavy atom. The van der Waals surface area contributed by atoms with Crippen molar-refractivity contribution in [3.63, 3.8) is 0 Å². The van der Waals surface area contributed by atoms with Crippen LogP contribution < -0.4 is 4.74 Å². The largest absolute Gasteiger partial charge is 0.497 e. The van der Waals surface area contributed by atoms with Crippen LogP contribution >= 0.6 is 0 Å². The maximum absolute atomic E-state index is 13.7. The van der Waals surface area contributed by atoms with Crippen molar-refractivity contribution < 1.29 is 9.53 Å². The van der Waals surface area contributed by atoms with Gasteiger partial charge in [-0.05, 0) is 80.9 Å². The first kappa shape index (κ1) is 24.1. The van der Waals surface area contributed by atoms with E-state index >= 15 is 0 Å². The highest BCUT2D eigenvalue weighted by molar-refractivity contribution is 5.98. The van der Waals surface area contributed by atoms with Gasteiger partial charge in [0.05, 0.1) is 7.11 Å². The van der Waals surface area contributed by atoms with E-state index in [1.807, 2.05) is 24.3 Å². The Kier molecular flexibility index (Phi) is 6.92. The number of aromatic nitrogens is 2. The van der Waals surface area contributed by atoms with Crippen LogP contribution in [-0.4, -0.2) is 65.0 Å². The standard InChI is InChI=1S/C31H38N4O2/c1-37-25-11-10-23-19-30(33-29(23)20-25)31(36)35-15-6-2-3-7-24(35)14-18-34-16-12-22(13-17-34)27-21-32-28-9-5-4-8-26(27)28/h4-5,8-11,19-22,24,32-33H,2-3,6-7,12-18H2,1H3. The van der Waals surface area contributed by atoms with Crippen LogP contribution in [0.1, 0.15) is 66.9 Å². The molecule has 4 aromatic rings. The van der Waals surface area contributed by atoms with Gasteiger partial charge in [-0.25, -0.2) is 0 Å². The van der Waals surface area contributed by atoms with Crippen LogP contribution in [0.3, 0.4) is 0 Å². The molecule has 6 rings (SSSR count). The smallest absolute Gasteiger partial charge is 0.270 e. The Morgan fingerprint density at radius 3 is 2.70 bits per heavy atom. The number of hydrogen-bond acceptors (Lipinski definition) is 3. The van der Waals surface area contributed by atoms with Gasteiger partial charge in [0.25, 0.3) is 5.91 Å². The van der Waals surface area contributed by atoms with E-state index in [9.17, 15) is 4.79 Å². The predicted molar refractivity (Wildman–Crippen MR) is 149 cm³/mol. The van der Waals surface area contributed by atoms with Crippen molar-refractivity contribution >= 4 is 27.7 Å². The lowest BCUT2D eigenvalue weighted by molar-refractivity contribution is 0.0650. The third-order valence-electron chi connectivity index (χ3n) is 8.63. The number of methoxy groups -OCH3 is 1.